The third kappa shape index (κ3) is 3.92. The van der Waals surface area contributed by atoms with E-state index in [1.54, 1.807) is 17.8 Å². The normalized spacial score (nSPS) is 16.4. The molecule has 0 aromatic carbocycles. The molecule has 190 valence electrons. The summed E-state index contributed by atoms with van der Waals surface area (Å²) in [6.45, 7) is 1.58. The number of halogens is 5. The van der Waals surface area contributed by atoms with Crippen LogP contribution in [0.1, 0.15) is 36.8 Å². The maximum absolute atomic E-state index is 13.9. The van der Waals surface area contributed by atoms with Gasteiger partial charge in [-0.1, -0.05) is 6.92 Å². The molecule has 1 aliphatic rings. The zero-order chi connectivity index (χ0) is 26.0. The van der Waals surface area contributed by atoms with Crippen LogP contribution in [0.5, 0.6) is 0 Å². The highest BCUT2D eigenvalue weighted by molar-refractivity contribution is 7.92. The highest BCUT2D eigenvalue weighted by atomic mass is 32.2. The third-order valence-corrected chi connectivity index (χ3v) is 7.99. The summed E-state index contributed by atoms with van der Waals surface area (Å²) in [6.07, 6.45) is 1.86. The van der Waals surface area contributed by atoms with Crippen molar-refractivity contribution < 1.29 is 26.2 Å². The molecule has 1 aliphatic carbocycles. The third-order valence-electron chi connectivity index (χ3n) is 6.16. The molecule has 0 radical (unpaired) electrons. The largest absolute Gasteiger partial charge is 0.458 e. The standard InChI is InChI=1S/C22H20F5N7OS/c1-3-36(28,35)17-7-15(34-11-13(8-31-34)12-4-5-12)10-29-18(17)20-32-16-6-14(9-30-19(16)33(20)2)21(23,24)22(25,26)27/h6-12,28H,3-5H2,1-2H3. The summed E-state index contributed by atoms with van der Waals surface area (Å²) in [5, 5.41) is 4.33. The van der Waals surface area contributed by atoms with Crippen molar-refractivity contribution >= 4 is 20.9 Å². The first-order valence-electron chi connectivity index (χ1n) is 10.9. The second-order valence-corrected chi connectivity index (χ2v) is 11.0. The number of pyridine rings is 2. The van der Waals surface area contributed by atoms with Gasteiger partial charge in [-0.05, 0) is 36.5 Å². The van der Waals surface area contributed by atoms with E-state index in [4.69, 9.17) is 4.78 Å². The Balaban J connectivity index is 1.65. The molecule has 1 saturated carbocycles. The Hall–Kier alpha value is -3.42. The van der Waals surface area contributed by atoms with E-state index in [-0.39, 0.29) is 33.3 Å². The fourth-order valence-corrected chi connectivity index (χ4v) is 4.94. The Morgan fingerprint density at radius 1 is 1.11 bits per heavy atom. The van der Waals surface area contributed by atoms with Crippen LogP contribution >= 0.6 is 0 Å². The second-order valence-electron chi connectivity index (χ2n) is 8.63. The zero-order valence-corrected chi connectivity index (χ0v) is 19.9. The summed E-state index contributed by atoms with van der Waals surface area (Å²) < 4.78 is 90.8. The fourth-order valence-electron chi connectivity index (χ4n) is 3.86. The van der Waals surface area contributed by atoms with Crippen LogP contribution in [-0.2, 0) is 22.7 Å². The van der Waals surface area contributed by atoms with Crippen LogP contribution < -0.4 is 0 Å². The smallest absolute Gasteiger partial charge is 0.310 e. The molecule has 0 bridgehead atoms. The fraction of sp³-hybridized carbons (Fsp3) is 0.364. The molecule has 0 spiro atoms. The lowest BCUT2D eigenvalue weighted by Crippen LogP contribution is -2.33. The molecule has 5 rings (SSSR count). The van der Waals surface area contributed by atoms with Crippen molar-refractivity contribution in [3.05, 3.63) is 48.0 Å². The minimum Gasteiger partial charge on any atom is -0.310 e. The minimum absolute atomic E-state index is 0.0256. The lowest BCUT2D eigenvalue weighted by atomic mass is 10.1. The van der Waals surface area contributed by atoms with Gasteiger partial charge in [-0.2, -0.15) is 27.1 Å². The van der Waals surface area contributed by atoms with Gasteiger partial charge in [0.05, 0.1) is 38.3 Å². The van der Waals surface area contributed by atoms with E-state index in [0.29, 0.717) is 23.9 Å². The van der Waals surface area contributed by atoms with Crippen LogP contribution in [0, 0.1) is 4.78 Å². The number of fused-ring (bicyclic) bond motifs is 1. The number of aryl methyl sites for hydroxylation is 1. The van der Waals surface area contributed by atoms with Crippen LogP contribution in [-0.4, -0.2) is 45.4 Å². The van der Waals surface area contributed by atoms with Gasteiger partial charge in [0.15, 0.2) is 11.5 Å². The molecule has 0 saturated heterocycles. The van der Waals surface area contributed by atoms with Gasteiger partial charge in [-0.15, -0.1) is 0 Å². The molecule has 1 fully saturated rings. The van der Waals surface area contributed by atoms with E-state index < -0.39 is 27.4 Å². The topological polar surface area (TPSA) is 102 Å². The summed E-state index contributed by atoms with van der Waals surface area (Å²) >= 11 is 0. The first kappa shape index (κ1) is 24.3. The molecule has 1 atom stereocenters. The van der Waals surface area contributed by atoms with E-state index in [9.17, 15) is 26.2 Å². The molecular weight excluding hydrogens is 505 g/mol. The molecule has 8 nitrogen and oxygen atoms in total. The zero-order valence-electron chi connectivity index (χ0n) is 19.1. The molecular formula is C22H20F5N7OS. The summed E-state index contributed by atoms with van der Waals surface area (Å²) in [6, 6.07) is 2.13. The van der Waals surface area contributed by atoms with E-state index in [2.05, 4.69) is 20.1 Å². The van der Waals surface area contributed by atoms with E-state index in [1.807, 2.05) is 6.20 Å². The van der Waals surface area contributed by atoms with Crippen molar-refractivity contribution in [2.45, 2.75) is 42.7 Å². The number of nitrogens with zero attached hydrogens (tertiary/aromatic N) is 6. The Labute approximate surface area is 202 Å². The Bertz CT molecular complexity index is 1590. The first-order chi connectivity index (χ1) is 16.8. The molecule has 1 N–H and O–H groups in total. The molecule has 0 amide bonds. The maximum Gasteiger partial charge on any atom is 0.458 e. The molecule has 0 aliphatic heterocycles. The van der Waals surface area contributed by atoms with Crippen molar-refractivity contribution in [2.24, 2.45) is 7.05 Å². The quantitative estimate of drug-likeness (QED) is 0.350. The van der Waals surface area contributed by atoms with Gasteiger partial charge in [-0.3, -0.25) is 0 Å². The number of imidazole rings is 1. The van der Waals surface area contributed by atoms with Gasteiger partial charge in [0.25, 0.3) is 0 Å². The minimum atomic E-state index is -5.80. The monoisotopic (exact) mass is 525 g/mol. The highest BCUT2D eigenvalue weighted by Gasteiger charge is 2.59. The average Bonchev–Trinajstić information content (AvgIpc) is 3.47. The van der Waals surface area contributed by atoms with Gasteiger partial charge in [0, 0.05) is 25.2 Å². The van der Waals surface area contributed by atoms with Crippen molar-refractivity contribution in [3.63, 3.8) is 0 Å². The number of aromatic nitrogens is 6. The van der Waals surface area contributed by atoms with Crippen molar-refractivity contribution in [1.29, 1.82) is 4.78 Å². The van der Waals surface area contributed by atoms with Gasteiger partial charge in [0.2, 0.25) is 0 Å². The average molecular weight is 526 g/mol. The number of nitrogens with one attached hydrogen (secondary N) is 1. The van der Waals surface area contributed by atoms with Crippen LogP contribution in [0.3, 0.4) is 0 Å². The number of alkyl halides is 5. The summed E-state index contributed by atoms with van der Waals surface area (Å²) in [7, 11) is -1.88. The van der Waals surface area contributed by atoms with Crippen molar-refractivity contribution in [1.82, 2.24) is 29.3 Å². The summed E-state index contributed by atoms with van der Waals surface area (Å²) in [4.78, 5) is 12.4. The lowest BCUT2D eigenvalue weighted by Gasteiger charge is -2.19. The van der Waals surface area contributed by atoms with Crippen molar-refractivity contribution in [3.8, 4) is 17.2 Å². The molecule has 14 heteroatoms. The van der Waals surface area contributed by atoms with Gasteiger partial charge >= 0.3 is 12.1 Å². The Kier molecular flexibility index (Phi) is 5.43. The van der Waals surface area contributed by atoms with Gasteiger partial charge in [0.1, 0.15) is 11.2 Å². The first-order valence-corrected chi connectivity index (χ1v) is 12.7. The van der Waals surface area contributed by atoms with Gasteiger partial charge in [-0.25, -0.2) is 28.6 Å². The van der Waals surface area contributed by atoms with Crippen molar-refractivity contribution in [2.75, 3.05) is 5.75 Å². The van der Waals surface area contributed by atoms with Crippen LogP contribution in [0.25, 0.3) is 28.4 Å². The Morgan fingerprint density at radius 3 is 2.47 bits per heavy atom. The summed E-state index contributed by atoms with van der Waals surface area (Å²) in [5.74, 6) is -4.66. The highest BCUT2D eigenvalue weighted by Crippen LogP contribution is 2.44. The molecule has 4 aromatic heterocycles. The number of hydrogen-bond donors (Lipinski definition) is 1. The second kappa shape index (κ2) is 8.05. The predicted molar refractivity (Wildman–Crippen MR) is 120 cm³/mol. The Morgan fingerprint density at radius 2 is 1.83 bits per heavy atom. The molecule has 4 aromatic rings. The SMILES string of the molecule is CCS(=N)(=O)c1cc(-n2cc(C3CC3)cn2)cnc1-c1nc2cc(C(F)(F)C(F)(F)F)cnc2n1C. The molecule has 4 heterocycles. The lowest BCUT2D eigenvalue weighted by molar-refractivity contribution is -0.289. The van der Waals surface area contributed by atoms with E-state index in [1.165, 1.54) is 23.9 Å². The predicted octanol–water partition coefficient (Wildman–Crippen LogP) is 5.17. The maximum atomic E-state index is 13.9. The van der Waals surface area contributed by atoms with Crippen LogP contribution in [0.2, 0.25) is 0 Å². The van der Waals surface area contributed by atoms with E-state index >= 15 is 0 Å². The van der Waals surface area contributed by atoms with Gasteiger partial charge < -0.3 is 4.57 Å². The number of rotatable bonds is 6. The van der Waals surface area contributed by atoms with E-state index in [0.717, 1.165) is 18.4 Å². The number of hydrogen-bond acceptors (Lipinski definition) is 6. The van der Waals surface area contributed by atoms with Crippen LogP contribution in [0.15, 0.2) is 41.8 Å². The molecule has 1 unspecified atom stereocenters. The molecule has 36 heavy (non-hydrogen) atoms. The van der Waals surface area contributed by atoms with Crippen LogP contribution in [0.4, 0.5) is 22.0 Å². The summed E-state index contributed by atoms with van der Waals surface area (Å²) in [5.41, 5.74) is 0.0322.